The van der Waals surface area contributed by atoms with Gasteiger partial charge in [0.15, 0.2) is 0 Å². The minimum absolute atomic E-state index is 0. The Morgan fingerprint density at radius 3 is 2.58 bits per heavy atom. The minimum Gasteiger partial charge on any atom is -0.369 e. The van der Waals surface area contributed by atoms with Crippen LogP contribution in [0.15, 0.2) is 76.6 Å². The third-order valence-corrected chi connectivity index (χ3v) is 8.46. The highest BCUT2D eigenvalue weighted by Gasteiger charge is 2.41. The molecule has 0 bridgehead atoms. The third-order valence-electron chi connectivity index (χ3n) is 7.52. The number of nitrogens with zero attached hydrogens (tertiary/aromatic N) is 2. The van der Waals surface area contributed by atoms with Crippen molar-refractivity contribution in [2.24, 2.45) is 5.92 Å². The van der Waals surface area contributed by atoms with E-state index < -0.39 is 16.0 Å². The van der Waals surface area contributed by atoms with Gasteiger partial charge in [-0.05, 0) is 81.4 Å². The summed E-state index contributed by atoms with van der Waals surface area (Å²) >= 11 is 0. The second-order valence-electron chi connectivity index (χ2n) is 9.92. The minimum atomic E-state index is -4.59. The number of allylic oxidation sites excluding steroid dienone is 3. The lowest BCUT2D eigenvalue weighted by atomic mass is 9.93. The first-order valence-corrected chi connectivity index (χ1v) is 14.2. The van der Waals surface area contributed by atoms with Gasteiger partial charge in [0.25, 0.3) is 16.0 Å². The van der Waals surface area contributed by atoms with Crippen molar-refractivity contribution in [2.45, 2.75) is 38.1 Å². The fourth-order valence-corrected chi connectivity index (χ4v) is 6.50. The van der Waals surface area contributed by atoms with Crippen molar-refractivity contribution in [1.82, 2.24) is 20.4 Å². The summed E-state index contributed by atoms with van der Waals surface area (Å²) in [5, 5.41) is 6.13. The maximum Gasteiger partial charge on any atom is 0.297 e. The van der Waals surface area contributed by atoms with Gasteiger partial charge in [-0.15, -0.1) is 24.8 Å². The zero-order valence-corrected chi connectivity index (χ0v) is 23.7. The number of carbonyl (C=O) groups excluding carboxylic acids is 1. The summed E-state index contributed by atoms with van der Waals surface area (Å²) < 4.78 is 34.5. The summed E-state index contributed by atoms with van der Waals surface area (Å²) in [6.45, 7) is 4.31. The van der Waals surface area contributed by atoms with E-state index in [1.54, 1.807) is 18.2 Å². The van der Waals surface area contributed by atoms with Crippen molar-refractivity contribution in [3.63, 3.8) is 0 Å². The van der Waals surface area contributed by atoms with Crippen LogP contribution in [0.3, 0.4) is 0 Å². The molecule has 3 N–H and O–H groups in total. The summed E-state index contributed by atoms with van der Waals surface area (Å²) in [5.74, 6) is 0.851. The summed E-state index contributed by atoms with van der Waals surface area (Å²) in [6, 6.07) is 10.4. The fraction of sp³-hybridized carbons (Fsp3) is 0.444. The van der Waals surface area contributed by atoms with Crippen LogP contribution >= 0.6 is 24.8 Å². The van der Waals surface area contributed by atoms with Crippen molar-refractivity contribution < 1.29 is 17.8 Å². The van der Waals surface area contributed by atoms with Crippen LogP contribution < -0.4 is 10.6 Å². The molecule has 38 heavy (non-hydrogen) atoms. The first kappa shape index (κ1) is 30.2. The van der Waals surface area contributed by atoms with Gasteiger partial charge >= 0.3 is 0 Å². The van der Waals surface area contributed by atoms with E-state index >= 15 is 0 Å². The van der Waals surface area contributed by atoms with Crippen LogP contribution in [0.2, 0.25) is 0 Å². The molecule has 0 spiro atoms. The van der Waals surface area contributed by atoms with Crippen molar-refractivity contribution in [3.05, 3.63) is 82.2 Å². The summed E-state index contributed by atoms with van der Waals surface area (Å²) in [7, 11) is -4.59. The van der Waals surface area contributed by atoms with Crippen LogP contribution in [0, 0.1) is 5.92 Å². The van der Waals surface area contributed by atoms with Gasteiger partial charge < -0.3 is 20.4 Å². The SMILES string of the molecule is Cl.Cl.O=C(NCCC1CCN(CCCc2ccccc2)CC1)C1=CC2CNC3=CC=CC(=C1S(=O)(=O)O)N32. The molecular formula is C27H36Cl2N4O4S. The van der Waals surface area contributed by atoms with Crippen molar-refractivity contribution in [2.75, 3.05) is 32.7 Å². The molecule has 4 aliphatic rings. The maximum absolute atomic E-state index is 13.1. The molecule has 0 saturated carbocycles. The number of nitrogens with one attached hydrogen (secondary N) is 2. The summed E-state index contributed by atoms with van der Waals surface area (Å²) in [4.78, 5) is 17.1. The van der Waals surface area contributed by atoms with Gasteiger partial charge in [-0.25, -0.2) is 0 Å². The standard InChI is InChI=1S/C27H34N4O4S.2ClH/c32-27(23-18-22-19-29-25-10-4-9-24(31(22)25)26(23)36(33,34)35)28-14-11-21-12-16-30(17-13-21)15-5-8-20-6-2-1-3-7-20;;/h1-4,6-7,9-10,18,21-22,29H,5,8,11-17,19H2,(H,28,32)(H,33,34,35);2*1H. The first-order valence-electron chi connectivity index (χ1n) is 12.8. The van der Waals surface area contributed by atoms with Crippen LogP contribution in [-0.2, 0) is 21.3 Å². The zero-order valence-electron chi connectivity index (χ0n) is 21.2. The molecule has 4 aliphatic heterocycles. The second kappa shape index (κ2) is 13.2. The quantitative estimate of drug-likeness (QED) is 0.383. The molecule has 4 heterocycles. The number of rotatable bonds is 9. The normalized spacial score (nSPS) is 21.0. The average molecular weight is 584 g/mol. The number of piperidine rings is 1. The number of carbonyl (C=O) groups is 1. The molecule has 5 rings (SSSR count). The molecule has 1 aromatic rings. The van der Waals surface area contributed by atoms with Gasteiger partial charge in [-0.2, -0.15) is 8.42 Å². The third kappa shape index (κ3) is 6.82. The van der Waals surface area contributed by atoms with Gasteiger partial charge in [-0.1, -0.05) is 36.4 Å². The molecule has 0 aromatic heterocycles. The van der Waals surface area contributed by atoms with E-state index in [0.717, 1.165) is 57.6 Å². The number of aryl methyl sites for hydroxylation is 1. The molecule has 8 nitrogen and oxygen atoms in total. The lowest BCUT2D eigenvalue weighted by Gasteiger charge is -2.33. The highest BCUT2D eigenvalue weighted by molar-refractivity contribution is 7.90. The Bertz CT molecular complexity index is 1220. The number of likely N-dealkylation sites (tertiary alicyclic amines) is 1. The molecule has 2 saturated heterocycles. The second-order valence-corrected chi connectivity index (χ2v) is 11.3. The maximum atomic E-state index is 13.1. The highest BCUT2D eigenvalue weighted by Crippen LogP contribution is 2.37. The number of hydrogen-bond acceptors (Lipinski definition) is 6. The Hall–Kier alpha value is -2.30. The molecule has 11 heteroatoms. The van der Waals surface area contributed by atoms with Crippen molar-refractivity contribution >= 4 is 40.8 Å². The van der Waals surface area contributed by atoms with Gasteiger partial charge in [0.1, 0.15) is 10.7 Å². The molecule has 0 aliphatic carbocycles. The van der Waals surface area contributed by atoms with Crippen LogP contribution in [0.1, 0.15) is 31.2 Å². The van der Waals surface area contributed by atoms with E-state index in [4.69, 9.17) is 0 Å². The van der Waals surface area contributed by atoms with Crippen molar-refractivity contribution in [1.29, 1.82) is 0 Å². The fourth-order valence-electron chi connectivity index (χ4n) is 5.63. The summed E-state index contributed by atoms with van der Waals surface area (Å²) in [6.07, 6.45) is 12.2. The zero-order chi connectivity index (χ0) is 25.1. The van der Waals surface area contributed by atoms with E-state index in [0.29, 0.717) is 24.7 Å². The predicted octanol–water partition coefficient (Wildman–Crippen LogP) is 3.41. The highest BCUT2D eigenvalue weighted by atomic mass is 35.5. The molecule has 0 radical (unpaired) electrons. The van der Waals surface area contributed by atoms with E-state index in [9.17, 15) is 17.8 Å². The van der Waals surface area contributed by atoms with Crippen LogP contribution in [0.25, 0.3) is 0 Å². The molecular weight excluding hydrogens is 547 g/mol. The molecule has 2 fully saturated rings. The Kier molecular flexibility index (Phi) is 10.5. The number of hydrogen-bond donors (Lipinski definition) is 3. The van der Waals surface area contributed by atoms with Gasteiger partial charge in [-0.3, -0.25) is 9.35 Å². The molecule has 1 atom stereocenters. The average Bonchev–Trinajstić information content (AvgIpc) is 3.29. The Balaban J connectivity index is 0.00000200. The van der Waals surface area contributed by atoms with Crippen molar-refractivity contribution in [3.8, 4) is 0 Å². The number of halogens is 2. The molecule has 1 aromatic carbocycles. The van der Waals surface area contributed by atoms with Crippen LogP contribution in [0.4, 0.5) is 0 Å². The first-order chi connectivity index (χ1) is 17.4. The van der Waals surface area contributed by atoms with Crippen LogP contribution in [-0.4, -0.2) is 67.4 Å². The lowest BCUT2D eigenvalue weighted by molar-refractivity contribution is -0.117. The van der Waals surface area contributed by atoms with E-state index in [-0.39, 0.29) is 41.3 Å². The Morgan fingerprint density at radius 1 is 1.13 bits per heavy atom. The predicted molar refractivity (Wildman–Crippen MR) is 154 cm³/mol. The number of amides is 1. The van der Waals surface area contributed by atoms with E-state index in [2.05, 4.69) is 39.8 Å². The van der Waals surface area contributed by atoms with E-state index in [1.165, 1.54) is 5.56 Å². The molecule has 1 unspecified atom stereocenters. The van der Waals surface area contributed by atoms with E-state index in [1.807, 2.05) is 17.0 Å². The lowest BCUT2D eigenvalue weighted by Crippen LogP contribution is -2.39. The monoisotopic (exact) mass is 582 g/mol. The smallest absolute Gasteiger partial charge is 0.297 e. The Morgan fingerprint density at radius 2 is 1.87 bits per heavy atom. The van der Waals surface area contributed by atoms with Gasteiger partial charge in [0, 0.05) is 13.1 Å². The van der Waals surface area contributed by atoms with Gasteiger partial charge in [0.05, 0.1) is 17.3 Å². The Labute approximate surface area is 237 Å². The van der Waals surface area contributed by atoms with Crippen LogP contribution in [0.5, 0.6) is 0 Å². The topological polar surface area (TPSA) is 102 Å². The summed E-state index contributed by atoms with van der Waals surface area (Å²) in [5.41, 5.74) is 1.74. The molecule has 1 amide bonds. The number of benzene rings is 1. The van der Waals surface area contributed by atoms with Gasteiger partial charge in [0.2, 0.25) is 0 Å². The largest absolute Gasteiger partial charge is 0.369 e. The molecule has 208 valence electrons.